The average molecular weight is 330 g/mol. The molecule has 1 aliphatic heterocycles. The average Bonchev–Trinajstić information content (AvgIpc) is 2.42. The number of nitrogen functional groups attached to an aromatic ring is 1. The summed E-state index contributed by atoms with van der Waals surface area (Å²) in [6.45, 7) is 5.49. The molecule has 106 valence electrons. The van der Waals surface area contributed by atoms with Crippen molar-refractivity contribution in [2.75, 3.05) is 37.3 Å². The molecule has 0 aromatic heterocycles. The van der Waals surface area contributed by atoms with E-state index >= 15 is 0 Å². The van der Waals surface area contributed by atoms with Crippen LogP contribution in [-0.4, -0.2) is 37.6 Å². The Morgan fingerprint density at radius 2 is 2.05 bits per heavy atom. The van der Waals surface area contributed by atoms with Crippen LogP contribution in [0.2, 0.25) is 0 Å². The molecule has 5 heteroatoms. The highest BCUT2D eigenvalue weighted by molar-refractivity contribution is 9.10. The lowest BCUT2D eigenvalue weighted by Gasteiger charge is -2.37. The summed E-state index contributed by atoms with van der Waals surface area (Å²) in [5.74, 6) is -0.262. The van der Waals surface area contributed by atoms with E-state index in [0.29, 0.717) is 16.2 Å². The molecule has 0 aliphatic carbocycles. The number of hydrogen-bond acceptors (Lipinski definition) is 3. The quantitative estimate of drug-likeness (QED) is 0.865. The van der Waals surface area contributed by atoms with Gasteiger partial charge in [-0.3, -0.25) is 0 Å². The monoisotopic (exact) mass is 329 g/mol. The highest BCUT2D eigenvalue weighted by Gasteiger charge is 2.23. The number of likely N-dealkylation sites (tertiary alicyclic amines) is 1. The van der Waals surface area contributed by atoms with Crippen molar-refractivity contribution >= 4 is 27.3 Å². The van der Waals surface area contributed by atoms with Crippen LogP contribution in [0.5, 0.6) is 0 Å². The summed E-state index contributed by atoms with van der Waals surface area (Å²) in [6, 6.07) is 3.60. The first kappa shape index (κ1) is 14.6. The highest BCUT2D eigenvalue weighted by atomic mass is 79.9. The minimum absolute atomic E-state index is 0.262. The Morgan fingerprint density at radius 3 is 2.63 bits per heavy atom. The topological polar surface area (TPSA) is 32.5 Å². The van der Waals surface area contributed by atoms with Gasteiger partial charge < -0.3 is 15.5 Å². The van der Waals surface area contributed by atoms with Gasteiger partial charge in [0.25, 0.3) is 0 Å². The maximum atomic E-state index is 13.7. The van der Waals surface area contributed by atoms with Gasteiger partial charge in [-0.2, -0.15) is 0 Å². The van der Waals surface area contributed by atoms with Crippen LogP contribution < -0.4 is 10.6 Å². The van der Waals surface area contributed by atoms with Gasteiger partial charge in [0, 0.05) is 32.2 Å². The molecule has 1 fully saturated rings. The van der Waals surface area contributed by atoms with Crippen LogP contribution in [0, 0.1) is 5.82 Å². The first-order valence-electron chi connectivity index (χ1n) is 6.72. The summed E-state index contributed by atoms with van der Waals surface area (Å²) < 4.78 is 14.1. The van der Waals surface area contributed by atoms with E-state index in [1.165, 1.54) is 6.07 Å². The van der Waals surface area contributed by atoms with Crippen LogP contribution in [0.25, 0.3) is 0 Å². The first-order valence-corrected chi connectivity index (χ1v) is 7.52. The second kappa shape index (κ2) is 6.09. The van der Waals surface area contributed by atoms with E-state index < -0.39 is 0 Å². The van der Waals surface area contributed by atoms with E-state index in [1.54, 1.807) is 6.07 Å². The largest absolute Gasteiger partial charge is 0.397 e. The van der Waals surface area contributed by atoms with Crippen LogP contribution in [0.15, 0.2) is 16.6 Å². The molecule has 1 aliphatic rings. The van der Waals surface area contributed by atoms with E-state index in [1.807, 2.05) is 7.05 Å². The number of nitrogens with two attached hydrogens (primary N) is 1. The molecule has 0 amide bonds. The molecule has 0 radical (unpaired) electrons. The van der Waals surface area contributed by atoms with Crippen LogP contribution in [0.3, 0.4) is 0 Å². The van der Waals surface area contributed by atoms with Gasteiger partial charge in [-0.05, 0) is 41.4 Å². The van der Waals surface area contributed by atoms with Crippen molar-refractivity contribution in [3.8, 4) is 0 Å². The number of nitrogens with zero attached hydrogens (tertiary/aromatic N) is 2. The van der Waals surface area contributed by atoms with Crippen molar-refractivity contribution < 1.29 is 4.39 Å². The van der Waals surface area contributed by atoms with Crippen LogP contribution in [0.4, 0.5) is 15.8 Å². The van der Waals surface area contributed by atoms with E-state index in [9.17, 15) is 4.39 Å². The van der Waals surface area contributed by atoms with Crippen molar-refractivity contribution in [2.45, 2.75) is 25.8 Å². The Balaban J connectivity index is 2.12. The summed E-state index contributed by atoms with van der Waals surface area (Å²) in [4.78, 5) is 4.56. The molecular formula is C14H21BrFN3. The van der Waals surface area contributed by atoms with Crippen molar-refractivity contribution in [2.24, 2.45) is 0 Å². The zero-order valence-corrected chi connectivity index (χ0v) is 13.1. The van der Waals surface area contributed by atoms with Crippen LogP contribution in [0.1, 0.15) is 19.8 Å². The minimum Gasteiger partial charge on any atom is -0.397 e. The lowest BCUT2D eigenvalue weighted by atomic mass is 10.0. The van der Waals surface area contributed by atoms with Gasteiger partial charge in [-0.15, -0.1) is 0 Å². The fourth-order valence-electron chi connectivity index (χ4n) is 2.68. The molecule has 2 N–H and O–H groups in total. The lowest BCUT2D eigenvalue weighted by molar-refractivity contribution is 0.221. The zero-order valence-electron chi connectivity index (χ0n) is 11.5. The molecule has 0 bridgehead atoms. The van der Waals surface area contributed by atoms with Gasteiger partial charge in [0.2, 0.25) is 0 Å². The van der Waals surface area contributed by atoms with Crippen molar-refractivity contribution in [1.82, 2.24) is 4.90 Å². The molecule has 1 aromatic rings. The van der Waals surface area contributed by atoms with E-state index in [-0.39, 0.29) is 5.82 Å². The predicted octanol–water partition coefficient (Wildman–Crippen LogP) is 3.09. The minimum atomic E-state index is -0.262. The second-order valence-electron chi connectivity index (χ2n) is 5.10. The fraction of sp³-hybridized carbons (Fsp3) is 0.571. The van der Waals surface area contributed by atoms with E-state index in [2.05, 4.69) is 32.7 Å². The third-order valence-electron chi connectivity index (χ3n) is 4.00. The molecule has 2 rings (SSSR count). The SMILES string of the molecule is CCN1CCC(N(C)c2cc(F)c(Br)cc2N)CC1. The summed E-state index contributed by atoms with van der Waals surface area (Å²) in [5, 5.41) is 0. The third-order valence-corrected chi connectivity index (χ3v) is 4.61. The summed E-state index contributed by atoms with van der Waals surface area (Å²) in [5.41, 5.74) is 7.41. The van der Waals surface area contributed by atoms with Crippen molar-refractivity contribution in [3.63, 3.8) is 0 Å². The summed E-state index contributed by atoms with van der Waals surface area (Å²) in [7, 11) is 2.01. The normalized spacial score (nSPS) is 17.7. The lowest BCUT2D eigenvalue weighted by Crippen LogP contribution is -2.43. The Kier molecular flexibility index (Phi) is 4.68. The van der Waals surface area contributed by atoms with Gasteiger partial charge in [0.15, 0.2) is 0 Å². The molecular weight excluding hydrogens is 309 g/mol. The molecule has 3 nitrogen and oxygen atoms in total. The van der Waals surface area contributed by atoms with Gasteiger partial charge >= 0.3 is 0 Å². The molecule has 19 heavy (non-hydrogen) atoms. The second-order valence-corrected chi connectivity index (χ2v) is 5.96. The van der Waals surface area contributed by atoms with E-state index in [4.69, 9.17) is 5.73 Å². The molecule has 1 aromatic carbocycles. The molecule has 0 atom stereocenters. The summed E-state index contributed by atoms with van der Waals surface area (Å²) in [6.07, 6.45) is 2.20. The third kappa shape index (κ3) is 3.20. The Labute approximate surface area is 122 Å². The molecule has 0 spiro atoms. The fourth-order valence-corrected chi connectivity index (χ4v) is 3.04. The van der Waals surface area contributed by atoms with Crippen LogP contribution >= 0.6 is 15.9 Å². The number of piperidine rings is 1. The number of anilines is 2. The smallest absolute Gasteiger partial charge is 0.139 e. The van der Waals surface area contributed by atoms with Gasteiger partial charge in [-0.1, -0.05) is 6.92 Å². The standard InChI is InChI=1S/C14H21BrFN3/c1-3-19-6-4-10(5-7-19)18(2)14-9-12(16)11(15)8-13(14)17/h8-10H,3-7,17H2,1-2H3. The Hall–Kier alpha value is -0.810. The first-order chi connectivity index (χ1) is 9.02. The van der Waals surface area contributed by atoms with Crippen molar-refractivity contribution in [3.05, 3.63) is 22.4 Å². The van der Waals surface area contributed by atoms with Gasteiger partial charge in [-0.25, -0.2) is 4.39 Å². The zero-order chi connectivity index (χ0) is 14.0. The van der Waals surface area contributed by atoms with Crippen LogP contribution in [-0.2, 0) is 0 Å². The number of halogens is 2. The molecule has 0 saturated carbocycles. The Morgan fingerprint density at radius 1 is 1.42 bits per heavy atom. The van der Waals surface area contributed by atoms with Gasteiger partial charge in [0.1, 0.15) is 5.82 Å². The Bertz CT molecular complexity index is 445. The number of hydrogen-bond donors (Lipinski definition) is 1. The van der Waals surface area contributed by atoms with Crippen molar-refractivity contribution in [1.29, 1.82) is 0 Å². The maximum Gasteiger partial charge on any atom is 0.139 e. The molecule has 0 unspecified atom stereocenters. The number of rotatable bonds is 3. The molecule has 1 saturated heterocycles. The van der Waals surface area contributed by atoms with E-state index in [0.717, 1.165) is 38.2 Å². The number of benzene rings is 1. The summed E-state index contributed by atoms with van der Waals surface area (Å²) >= 11 is 3.16. The maximum absolute atomic E-state index is 13.7. The van der Waals surface area contributed by atoms with Gasteiger partial charge in [0.05, 0.1) is 15.8 Å². The molecule has 1 heterocycles. The predicted molar refractivity (Wildman–Crippen MR) is 82.1 cm³/mol. The highest BCUT2D eigenvalue weighted by Crippen LogP contribution is 2.31.